The molecular formula is C22H29F2N3O3S. The number of halogens is 2. The van der Waals surface area contributed by atoms with Crippen molar-refractivity contribution in [3.63, 3.8) is 0 Å². The summed E-state index contributed by atoms with van der Waals surface area (Å²) in [5.74, 6) is -0.892. The summed E-state index contributed by atoms with van der Waals surface area (Å²) in [6.07, 6.45) is 7.08. The highest BCUT2D eigenvalue weighted by Gasteiger charge is 2.35. The Kier molecular flexibility index (Phi) is 6.09. The van der Waals surface area contributed by atoms with Gasteiger partial charge in [-0.25, -0.2) is 21.9 Å². The summed E-state index contributed by atoms with van der Waals surface area (Å²) in [6, 6.07) is 2.61. The first kappa shape index (κ1) is 22.2. The molecular weight excluding hydrogens is 424 g/mol. The monoisotopic (exact) mass is 453 g/mol. The normalized spacial score (nSPS) is 23.4. The lowest BCUT2D eigenvalue weighted by atomic mass is 9.85. The maximum absolute atomic E-state index is 14.7. The number of carbonyl (C=O) groups is 1. The third-order valence-corrected chi connectivity index (χ3v) is 7.47. The van der Waals surface area contributed by atoms with E-state index in [0.717, 1.165) is 25.2 Å². The maximum Gasteiger partial charge on any atom is 0.253 e. The SMILES string of the molecule is Cc1c(C(=O)NC2CC3CCC(C3)C2)c2ccc(F)c(F)c2n1CCCNS(C)(=O)=O. The molecule has 2 N–H and O–H groups in total. The lowest BCUT2D eigenvalue weighted by molar-refractivity contribution is 0.0919. The molecule has 31 heavy (non-hydrogen) atoms. The standard InChI is InChI=1S/C22H29F2N3O3S/c1-13-19(22(28)26-16-11-14-4-5-15(10-14)12-16)17-6-7-18(23)20(24)21(17)27(13)9-3-8-25-31(2,29)30/h6-7,14-16,25H,3-5,8-12H2,1-2H3,(H,26,28). The molecule has 2 aliphatic rings. The van der Waals surface area contributed by atoms with Crippen molar-refractivity contribution in [3.8, 4) is 0 Å². The molecule has 4 rings (SSSR count). The number of hydrogen-bond donors (Lipinski definition) is 2. The number of carbonyl (C=O) groups excluding carboxylic acids is 1. The first-order valence-electron chi connectivity index (χ1n) is 10.9. The molecule has 2 fully saturated rings. The van der Waals surface area contributed by atoms with Gasteiger partial charge >= 0.3 is 0 Å². The Morgan fingerprint density at radius 2 is 1.84 bits per heavy atom. The number of aryl methyl sites for hydroxylation is 1. The molecule has 1 aromatic heterocycles. The second-order valence-corrected chi connectivity index (χ2v) is 10.9. The fraction of sp³-hybridized carbons (Fsp3) is 0.591. The van der Waals surface area contributed by atoms with Gasteiger partial charge in [0, 0.05) is 30.2 Å². The summed E-state index contributed by atoms with van der Waals surface area (Å²) in [7, 11) is -3.33. The molecule has 2 aliphatic carbocycles. The van der Waals surface area contributed by atoms with Crippen LogP contribution in [0.25, 0.3) is 10.9 Å². The van der Waals surface area contributed by atoms with Crippen molar-refractivity contribution in [2.75, 3.05) is 12.8 Å². The average molecular weight is 454 g/mol. The molecule has 2 atom stereocenters. The van der Waals surface area contributed by atoms with Gasteiger partial charge in [0.2, 0.25) is 10.0 Å². The average Bonchev–Trinajstić information content (AvgIpc) is 3.17. The Morgan fingerprint density at radius 1 is 1.16 bits per heavy atom. The summed E-state index contributed by atoms with van der Waals surface area (Å²) in [6.45, 7) is 2.15. The van der Waals surface area contributed by atoms with Crippen LogP contribution in [0.5, 0.6) is 0 Å². The predicted molar refractivity (Wildman–Crippen MR) is 115 cm³/mol. The van der Waals surface area contributed by atoms with Crippen LogP contribution >= 0.6 is 0 Å². The van der Waals surface area contributed by atoms with Gasteiger partial charge in [-0.05, 0) is 56.6 Å². The van der Waals surface area contributed by atoms with Crippen LogP contribution in [-0.2, 0) is 16.6 Å². The zero-order valence-corrected chi connectivity index (χ0v) is 18.7. The Bertz CT molecular complexity index is 1100. The van der Waals surface area contributed by atoms with E-state index in [9.17, 15) is 22.0 Å². The van der Waals surface area contributed by atoms with Gasteiger partial charge in [0.25, 0.3) is 5.91 Å². The van der Waals surface area contributed by atoms with Crippen LogP contribution in [0.2, 0.25) is 0 Å². The van der Waals surface area contributed by atoms with Crippen molar-refractivity contribution in [2.24, 2.45) is 11.8 Å². The lowest BCUT2D eigenvalue weighted by Gasteiger charge is -2.28. The van der Waals surface area contributed by atoms with E-state index in [2.05, 4.69) is 10.0 Å². The Labute approximate surface area is 181 Å². The predicted octanol–water partition coefficient (Wildman–Crippen LogP) is 3.48. The fourth-order valence-corrected chi connectivity index (χ4v) is 5.96. The minimum Gasteiger partial charge on any atom is -0.349 e. The van der Waals surface area contributed by atoms with E-state index in [1.807, 2.05) is 0 Å². The number of fused-ring (bicyclic) bond motifs is 3. The first-order chi connectivity index (χ1) is 14.6. The number of nitrogens with one attached hydrogen (secondary N) is 2. The molecule has 9 heteroatoms. The van der Waals surface area contributed by atoms with Crippen LogP contribution in [0.4, 0.5) is 8.78 Å². The number of aromatic nitrogens is 1. The first-order valence-corrected chi connectivity index (χ1v) is 12.8. The van der Waals surface area contributed by atoms with Crippen molar-refractivity contribution in [1.82, 2.24) is 14.6 Å². The molecule has 2 unspecified atom stereocenters. The van der Waals surface area contributed by atoms with Gasteiger partial charge in [-0.2, -0.15) is 0 Å². The Hall–Kier alpha value is -2.00. The van der Waals surface area contributed by atoms with Crippen LogP contribution in [0.15, 0.2) is 12.1 Å². The van der Waals surface area contributed by atoms with Crippen LogP contribution < -0.4 is 10.0 Å². The van der Waals surface area contributed by atoms with Gasteiger partial charge in [0.05, 0.1) is 17.3 Å². The highest BCUT2D eigenvalue weighted by molar-refractivity contribution is 7.88. The molecule has 2 aromatic rings. The van der Waals surface area contributed by atoms with Crippen molar-refractivity contribution in [2.45, 2.75) is 58.0 Å². The lowest BCUT2D eigenvalue weighted by Crippen LogP contribution is -2.39. The smallest absolute Gasteiger partial charge is 0.253 e. The second-order valence-electron chi connectivity index (χ2n) is 9.08. The molecule has 1 aromatic carbocycles. The number of nitrogens with zero attached hydrogens (tertiary/aromatic N) is 1. The number of hydrogen-bond acceptors (Lipinski definition) is 3. The van der Waals surface area contributed by atoms with Crippen molar-refractivity contribution >= 4 is 26.8 Å². The Morgan fingerprint density at radius 3 is 2.48 bits per heavy atom. The quantitative estimate of drug-likeness (QED) is 0.630. The minimum atomic E-state index is -3.33. The number of rotatable bonds is 7. The van der Waals surface area contributed by atoms with Crippen LogP contribution in [0.3, 0.4) is 0 Å². The zero-order chi connectivity index (χ0) is 22.3. The molecule has 0 spiro atoms. The van der Waals surface area contributed by atoms with Crippen LogP contribution in [0, 0.1) is 30.4 Å². The third kappa shape index (κ3) is 4.62. The molecule has 6 nitrogen and oxygen atoms in total. The van der Waals surface area contributed by atoms with E-state index < -0.39 is 21.7 Å². The van der Waals surface area contributed by atoms with Gasteiger partial charge < -0.3 is 9.88 Å². The summed E-state index contributed by atoms with van der Waals surface area (Å²) >= 11 is 0. The molecule has 2 saturated carbocycles. The summed E-state index contributed by atoms with van der Waals surface area (Å²) in [5, 5.41) is 3.52. The van der Waals surface area contributed by atoms with Crippen molar-refractivity contribution in [1.29, 1.82) is 0 Å². The fourth-order valence-electron chi connectivity index (χ4n) is 5.45. The van der Waals surface area contributed by atoms with Crippen molar-refractivity contribution < 1.29 is 22.0 Å². The molecule has 170 valence electrons. The summed E-state index contributed by atoms with van der Waals surface area (Å²) in [4.78, 5) is 13.2. The molecule has 0 aliphatic heterocycles. The van der Waals surface area contributed by atoms with Gasteiger partial charge in [0.1, 0.15) is 0 Å². The minimum absolute atomic E-state index is 0.0470. The Balaban J connectivity index is 1.61. The van der Waals surface area contributed by atoms with Crippen LogP contribution in [0.1, 0.15) is 54.6 Å². The van der Waals surface area contributed by atoms with E-state index in [1.165, 1.54) is 25.3 Å². The number of benzene rings is 1. The molecule has 0 saturated heterocycles. The molecule has 1 heterocycles. The van der Waals surface area contributed by atoms with Gasteiger partial charge in [0.15, 0.2) is 11.6 Å². The second kappa shape index (κ2) is 8.50. The number of sulfonamides is 1. The molecule has 2 bridgehead atoms. The number of amides is 1. The van der Waals surface area contributed by atoms with Gasteiger partial charge in [-0.1, -0.05) is 12.8 Å². The van der Waals surface area contributed by atoms with E-state index in [1.54, 1.807) is 11.5 Å². The van der Waals surface area contributed by atoms with E-state index in [0.29, 0.717) is 34.9 Å². The largest absolute Gasteiger partial charge is 0.349 e. The topological polar surface area (TPSA) is 80.2 Å². The molecule has 1 amide bonds. The highest BCUT2D eigenvalue weighted by atomic mass is 32.2. The summed E-state index contributed by atoms with van der Waals surface area (Å²) in [5.41, 5.74) is 0.962. The van der Waals surface area contributed by atoms with Crippen LogP contribution in [-0.4, -0.2) is 37.7 Å². The maximum atomic E-state index is 14.7. The molecule has 0 radical (unpaired) electrons. The van der Waals surface area contributed by atoms with Crippen molar-refractivity contribution in [3.05, 3.63) is 35.0 Å². The van der Waals surface area contributed by atoms with E-state index >= 15 is 0 Å². The zero-order valence-electron chi connectivity index (χ0n) is 17.9. The summed E-state index contributed by atoms with van der Waals surface area (Å²) < 4.78 is 55.3. The highest BCUT2D eigenvalue weighted by Crippen LogP contribution is 2.42. The van der Waals surface area contributed by atoms with E-state index in [-0.39, 0.29) is 30.6 Å². The van der Waals surface area contributed by atoms with Gasteiger partial charge in [-0.3, -0.25) is 4.79 Å². The third-order valence-electron chi connectivity index (χ3n) is 6.75. The van der Waals surface area contributed by atoms with E-state index in [4.69, 9.17) is 0 Å². The van der Waals surface area contributed by atoms with Gasteiger partial charge in [-0.15, -0.1) is 0 Å².